The summed E-state index contributed by atoms with van der Waals surface area (Å²) >= 11 is 0. The molecule has 1 fully saturated rings. The maximum absolute atomic E-state index is 11.4. The van der Waals surface area contributed by atoms with Gasteiger partial charge in [-0.3, -0.25) is 0 Å². The van der Waals surface area contributed by atoms with Crippen molar-refractivity contribution in [1.82, 2.24) is 0 Å². The third-order valence-electron chi connectivity index (χ3n) is 2.82. The molecular formula is C11H8O3. The predicted octanol–water partition coefficient (Wildman–Crippen LogP) is 0.635. The average Bonchev–Trinajstić information content (AvgIpc) is 2.43. The SMILES string of the molecule is O=C1OC2C=CC=C3C=CC=C1C32O. The molecule has 2 aliphatic carbocycles. The van der Waals surface area contributed by atoms with Gasteiger partial charge in [-0.2, -0.15) is 0 Å². The fourth-order valence-electron chi connectivity index (χ4n) is 2.08. The van der Waals surface area contributed by atoms with E-state index in [0.29, 0.717) is 11.1 Å². The molecule has 3 heteroatoms. The first-order chi connectivity index (χ1) is 6.73. The number of rotatable bonds is 0. The Morgan fingerprint density at radius 2 is 2.21 bits per heavy atom. The minimum absolute atomic E-state index is 0.334. The van der Waals surface area contributed by atoms with Crippen molar-refractivity contribution >= 4 is 5.97 Å². The molecule has 0 bridgehead atoms. The molecule has 3 aliphatic rings. The Balaban J connectivity index is 2.28. The summed E-state index contributed by atoms with van der Waals surface area (Å²) < 4.78 is 5.06. The highest BCUT2D eigenvalue weighted by molar-refractivity contribution is 5.96. The van der Waals surface area contributed by atoms with Crippen molar-refractivity contribution in [2.45, 2.75) is 11.7 Å². The number of ether oxygens (including phenoxy) is 1. The number of carbonyl (C=O) groups excluding carboxylic acids is 1. The van der Waals surface area contributed by atoms with Gasteiger partial charge in [0.1, 0.15) is 0 Å². The van der Waals surface area contributed by atoms with Gasteiger partial charge in [0.05, 0.1) is 5.57 Å². The second kappa shape index (κ2) is 2.25. The third kappa shape index (κ3) is 0.692. The van der Waals surface area contributed by atoms with Crippen molar-refractivity contribution < 1.29 is 14.6 Å². The van der Waals surface area contributed by atoms with Crippen LogP contribution in [0.1, 0.15) is 0 Å². The fraction of sp³-hybridized carbons (Fsp3) is 0.182. The molecule has 1 aliphatic heterocycles. The van der Waals surface area contributed by atoms with Gasteiger partial charge in [0.25, 0.3) is 0 Å². The van der Waals surface area contributed by atoms with Crippen LogP contribution in [0.3, 0.4) is 0 Å². The van der Waals surface area contributed by atoms with E-state index in [2.05, 4.69) is 0 Å². The van der Waals surface area contributed by atoms with Gasteiger partial charge in [0.2, 0.25) is 0 Å². The van der Waals surface area contributed by atoms with Gasteiger partial charge in [0.15, 0.2) is 11.7 Å². The highest BCUT2D eigenvalue weighted by atomic mass is 16.6. The Kier molecular flexibility index (Phi) is 1.25. The topological polar surface area (TPSA) is 46.5 Å². The molecule has 14 heavy (non-hydrogen) atoms. The first-order valence-electron chi connectivity index (χ1n) is 4.44. The van der Waals surface area contributed by atoms with Crippen LogP contribution in [0, 0.1) is 0 Å². The van der Waals surface area contributed by atoms with Crippen LogP contribution in [0.5, 0.6) is 0 Å². The van der Waals surface area contributed by atoms with Crippen molar-refractivity contribution in [3.05, 3.63) is 47.6 Å². The quantitative estimate of drug-likeness (QED) is 0.567. The lowest BCUT2D eigenvalue weighted by atomic mass is 9.77. The van der Waals surface area contributed by atoms with Crippen molar-refractivity contribution in [3.63, 3.8) is 0 Å². The van der Waals surface area contributed by atoms with E-state index < -0.39 is 17.7 Å². The number of hydrogen-bond donors (Lipinski definition) is 1. The number of allylic oxidation sites excluding steroid dienone is 4. The molecule has 0 aromatic heterocycles. The number of aliphatic hydroxyl groups is 1. The summed E-state index contributed by atoms with van der Waals surface area (Å²) in [6.07, 6.45) is 9.87. The first-order valence-corrected chi connectivity index (χ1v) is 4.44. The van der Waals surface area contributed by atoms with E-state index >= 15 is 0 Å². The highest BCUT2D eigenvalue weighted by Gasteiger charge is 2.54. The second-order valence-corrected chi connectivity index (χ2v) is 3.54. The zero-order valence-corrected chi connectivity index (χ0v) is 7.31. The lowest BCUT2D eigenvalue weighted by Crippen LogP contribution is -2.42. The van der Waals surface area contributed by atoms with Crippen LogP contribution in [-0.2, 0) is 9.53 Å². The fourth-order valence-corrected chi connectivity index (χ4v) is 2.08. The summed E-state index contributed by atoms with van der Waals surface area (Å²) in [6.45, 7) is 0. The van der Waals surface area contributed by atoms with Gasteiger partial charge in [0, 0.05) is 0 Å². The molecule has 3 rings (SSSR count). The molecule has 2 unspecified atom stereocenters. The third-order valence-corrected chi connectivity index (χ3v) is 2.82. The van der Waals surface area contributed by atoms with E-state index in [-0.39, 0.29) is 0 Å². The summed E-state index contributed by atoms with van der Waals surface area (Å²) in [7, 11) is 0. The van der Waals surface area contributed by atoms with Crippen LogP contribution >= 0.6 is 0 Å². The predicted molar refractivity (Wildman–Crippen MR) is 49.3 cm³/mol. The Morgan fingerprint density at radius 3 is 3.07 bits per heavy atom. The van der Waals surface area contributed by atoms with E-state index in [0.717, 1.165) is 0 Å². The minimum atomic E-state index is -1.25. The lowest BCUT2D eigenvalue weighted by molar-refractivity contribution is -0.138. The Bertz CT molecular complexity index is 439. The highest BCUT2D eigenvalue weighted by Crippen LogP contribution is 2.43. The van der Waals surface area contributed by atoms with Crippen LogP contribution < -0.4 is 0 Å². The smallest absolute Gasteiger partial charge is 0.338 e. The van der Waals surface area contributed by atoms with Crippen molar-refractivity contribution in [2.24, 2.45) is 0 Å². The molecule has 0 aromatic rings. The summed E-state index contributed by atoms with van der Waals surface area (Å²) in [5, 5.41) is 10.4. The second-order valence-electron chi connectivity index (χ2n) is 3.54. The Morgan fingerprint density at radius 1 is 1.36 bits per heavy atom. The molecule has 70 valence electrons. The van der Waals surface area contributed by atoms with Gasteiger partial charge < -0.3 is 9.84 Å². The maximum Gasteiger partial charge on any atom is 0.338 e. The molecule has 0 spiro atoms. The molecule has 0 amide bonds. The molecule has 3 nitrogen and oxygen atoms in total. The van der Waals surface area contributed by atoms with Crippen LogP contribution in [0.25, 0.3) is 0 Å². The lowest BCUT2D eigenvalue weighted by Gasteiger charge is -2.31. The summed E-state index contributed by atoms with van der Waals surface area (Å²) in [5.41, 5.74) is -0.199. The van der Waals surface area contributed by atoms with E-state index in [1.165, 1.54) is 0 Å². The average molecular weight is 188 g/mol. The molecule has 1 N–H and O–H groups in total. The molecule has 1 heterocycles. The van der Waals surface area contributed by atoms with Crippen molar-refractivity contribution in [1.29, 1.82) is 0 Å². The van der Waals surface area contributed by atoms with E-state index in [1.54, 1.807) is 36.5 Å². The monoisotopic (exact) mass is 188 g/mol. The Hall–Kier alpha value is -1.61. The van der Waals surface area contributed by atoms with Crippen molar-refractivity contribution in [2.75, 3.05) is 0 Å². The number of esters is 1. The van der Waals surface area contributed by atoms with Gasteiger partial charge in [-0.15, -0.1) is 0 Å². The zero-order valence-electron chi connectivity index (χ0n) is 7.31. The van der Waals surface area contributed by atoms with Crippen molar-refractivity contribution in [3.8, 4) is 0 Å². The van der Waals surface area contributed by atoms with Crippen LogP contribution in [0.2, 0.25) is 0 Å². The molecule has 0 aromatic carbocycles. The summed E-state index contributed by atoms with van der Waals surface area (Å²) in [4.78, 5) is 11.4. The minimum Gasteiger partial charge on any atom is -0.451 e. The number of carbonyl (C=O) groups is 1. The van der Waals surface area contributed by atoms with E-state index in [9.17, 15) is 9.90 Å². The van der Waals surface area contributed by atoms with Gasteiger partial charge in [-0.05, 0) is 17.7 Å². The Labute approximate surface area is 80.7 Å². The van der Waals surface area contributed by atoms with Crippen LogP contribution in [-0.4, -0.2) is 22.8 Å². The summed E-state index contributed by atoms with van der Waals surface area (Å²) in [5.74, 6) is -0.431. The van der Waals surface area contributed by atoms with Gasteiger partial charge >= 0.3 is 5.97 Å². The number of hydrogen-bond acceptors (Lipinski definition) is 3. The summed E-state index contributed by atoms with van der Waals surface area (Å²) in [6, 6.07) is 0. The van der Waals surface area contributed by atoms with E-state index in [4.69, 9.17) is 4.74 Å². The first kappa shape index (κ1) is 7.76. The normalized spacial score (nSPS) is 37.5. The van der Waals surface area contributed by atoms with Crippen LogP contribution in [0.15, 0.2) is 47.6 Å². The van der Waals surface area contributed by atoms with Crippen LogP contribution in [0.4, 0.5) is 0 Å². The molecule has 0 radical (unpaired) electrons. The van der Waals surface area contributed by atoms with Gasteiger partial charge in [-0.1, -0.05) is 24.3 Å². The zero-order chi connectivity index (χ0) is 9.76. The molecule has 2 atom stereocenters. The van der Waals surface area contributed by atoms with Gasteiger partial charge in [-0.25, -0.2) is 4.79 Å². The standard InChI is InChI=1S/C11H8O3/c12-10-8-5-1-3-7-4-2-6-9(14-10)11(7,8)13/h1-6,9,13H. The molecular weight excluding hydrogens is 180 g/mol. The van der Waals surface area contributed by atoms with E-state index in [1.807, 2.05) is 0 Å². The largest absolute Gasteiger partial charge is 0.451 e. The molecule has 1 saturated heterocycles. The maximum atomic E-state index is 11.4. The molecule has 0 saturated carbocycles.